The molecule has 162 valence electrons. The highest BCUT2D eigenvalue weighted by Crippen LogP contribution is 2.25. The zero-order chi connectivity index (χ0) is 22.0. The summed E-state index contributed by atoms with van der Waals surface area (Å²) in [6, 6.07) is 14.9. The fourth-order valence-electron chi connectivity index (χ4n) is 3.73. The van der Waals surface area contributed by atoms with E-state index in [1.807, 2.05) is 18.2 Å². The quantitative estimate of drug-likeness (QED) is 0.635. The predicted molar refractivity (Wildman–Crippen MR) is 114 cm³/mol. The highest BCUT2D eigenvalue weighted by Gasteiger charge is 2.32. The molecule has 0 saturated heterocycles. The largest absolute Gasteiger partial charge is 0.347 e. The number of carbonyl (C=O) groups excluding carboxylic acids is 1. The van der Waals surface area contributed by atoms with E-state index in [2.05, 4.69) is 10.4 Å². The van der Waals surface area contributed by atoms with Gasteiger partial charge in [-0.3, -0.25) is 9.48 Å². The highest BCUT2D eigenvalue weighted by atomic mass is 32.2. The molecule has 0 atom stereocenters. The van der Waals surface area contributed by atoms with Crippen molar-refractivity contribution in [3.8, 4) is 0 Å². The normalized spacial score (nSPS) is 14.3. The van der Waals surface area contributed by atoms with Gasteiger partial charge >= 0.3 is 0 Å². The van der Waals surface area contributed by atoms with Gasteiger partial charge in [-0.1, -0.05) is 42.5 Å². The van der Waals surface area contributed by atoms with Crippen molar-refractivity contribution in [2.75, 3.05) is 6.54 Å². The van der Waals surface area contributed by atoms with Crippen molar-refractivity contribution in [3.63, 3.8) is 0 Å². The Balaban J connectivity index is 1.51. The molecule has 2 aromatic carbocycles. The van der Waals surface area contributed by atoms with E-state index in [-0.39, 0.29) is 36.3 Å². The van der Waals surface area contributed by atoms with Gasteiger partial charge in [0.1, 0.15) is 5.82 Å². The van der Waals surface area contributed by atoms with Crippen molar-refractivity contribution in [1.82, 2.24) is 19.4 Å². The lowest BCUT2D eigenvalue weighted by atomic mass is 10.1. The third-order valence-electron chi connectivity index (χ3n) is 5.37. The van der Waals surface area contributed by atoms with Crippen molar-refractivity contribution >= 4 is 15.9 Å². The van der Waals surface area contributed by atoms with Crippen molar-refractivity contribution in [3.05, 3.63) is 88.5 Å². The first-order chi connectivity index (χ1) is 14.8. The third kappa shape index (κ3) is 4.67. The molecule has 1 aliphatic heterocycles. The van der Waals surface area contributed by atoms with Gasteiger partial charge < -0.3 is 5.32 Å². The molecule has 3 aromatic rings. The number of nitrogens with zero attached hydrogens (tertiary/aromatic N) is 3. The lowest BCUT2D eigenvalue weighted by Gasteiger charge is -2.27. The number of aryl methyl sites for hydroxylation is 1. The van der Waals surface area contributed by atoms with Crippen LogP contribution in [0.15, 0.2) is 54.6 Å². The van der Waals surface area contributed by atoms with Crippen molar-refractivity contribution in [2.45, 2.75) is 25.3 Å². The first-order valence-corrected chi connectivity index (χ1v) is 11.5. The molecule has 1 N–H and O–H groups in total. The van der Waals surface area contributed by atoms with Crippen LogP contribution in [0.3, 0.4) is 0 Å². The molecule has 0 unspecified atom stereocenters. The highest BCUT2D eigenvalue weighted by molar-refractivity contribution is 7.88. The monoisotopic (exact) mass is 442 g/mol. The van der Waals surface area contributed by atoms with Gasteiger partial charge in [0.2, 0.25) is 10.0 Å². The summed E-state index contributed by atoms with van der Waals surface area (Å²) in [6.07, 6.45) is 0.484. The summed E-state index contributed by atoms with van der Waals surface area (Å²) in [5.74, 6) is -0.815. The summed E-state index contributed by atoms with van der Waals surface area (Å²) in [4.78, 5) is 12.8. The summed E-state index contributed by atoms with van der Waals surface area (Å²) >= 11 is 0. The topological polar surface area (TPSA) is 84.3 Å². The van der Waals surface area contributed by atoms with E-state index < -0.39 is 10.0 Å². The molecule has 0 bridgehead atoms. The third-order valence-corrected chi connectivity index (χ3v) is 7.17. The molecule has 0 saturated carbocycles. The Labute approximate surface area is 180 Å². The smallest absolute Gasteiger partial charge is 0.272 e. The number of hydrogen-bond acceptors (Lipinski definition) is 4. The number of sulfonamides is 1. The molecule has 4 rings (SSSR count). The Morgan fingerprint density at radius 2 is 1.81 bits per heavy atom. The molecular formula is C22H23FN4O3S. The second-order valence-corrected chi connectivity index (χ2v) is 9.50. The molecule has 2 heterocycles. The van der Waals surface area contributed by atoms with Crippen LogP contribution >= 0.6 is 0 Å². The van der Waals surface area contributed by atoms with Crippen LogP contribution in [0.4, 0.5) is 4.39 Å². The van der Waals surface area contributed by atoms with Crippen LogP contribution in [0.1, 0.15) is 32.9 Å². The zero-order valence-electron chi connectivity index (χ0n) is 17.1. The minimum atomic E-state index is -3.54. The first-order valence-electron chi connectivity index (χ1n) is 9.92. The Morgan fingerprint density at radius 1 is 1.10 bits per heavy atom. The fraction of sp³-hybridized carbons (Fsp3) is 0.273. The molecule has 31 heavy (non-hydrogen) atoms. The molecule has 1 amide bonds. The van der Waals surface area contributed by atoms with Gasteiger partial charge in [-0.15, -0.1) is 0 Å². The Hall–Kier alpha value is -3.04. The maximum Gasteiger partial charge on any atom is 0.272 e. The maximum atomic E-state index is 13.1. The SMILES string of the molecule is Cn1nc(C(=O)NCc2ccc(F)cc2)c2c1CCN(S(=O)(=O)Cc1ccccc1)C2. The van der Waals surface area contributed by atoms with Gasteiger partial charge in [0.15, 0.2) is 5.69 Å². The van der Waals surface area contributed by atoms with Crippen molar-refractivity contribution in [2.24, 2.45) is 7.05 Å². The van der Waals surface area contributed by atoms with Crippen LogP contribution in [-0.4, -0.2) is 35.0 Å². The van der Waals surface area contributed by atoms with E-state index in [9.17, 15) is 17.6 Å². The van der Waals surface area contributed by atoms with Crippen LogP contribution in [0.25, 0.3) is 0 Å². The minimum Gasteiger partial charge on any atom is -0.347 e. The van der Waals surface area contributed by atoms with Crippen LogP contribution in [0, 0.1) is 5.82 Å². The molecule has 1 aliphatic rings. The van der Waals surface area contributed by atoms with Gasteiger partial charge in [0, 0.05) is 44.4 Å². The summed E-state index contributed by atoms with van der Waals surface area (Å²) in [7, 11) is -1.79. The summed E-state index contributed by atoms with van der Waals surface area (Å²) in [5, 5.41) is 7.13. The second kappa shape index (κ2) is 8.60. The van der Waals surface area contributed by atoms with Gasteiger partial charge in [-0.05, 0) is 23.3 Å². The van der Waals surface area contributed by atoms with Gasteiger partial charge in [0.05, 0.1) is 5.75 Å². The number of hydrogen-bond donors (Lipinski definition) is 1. The Bertz CT molecular complexity index is 1190. The summed E-state index contributed by atoms with van der Waals surface area (Å²) < 4.78 is 42.0. The Morgan fingerprint density at radius 3 is 2.52 bits per heavy atom. The molecule has 0 radical (unpaired) electrons. The molecular weight excluding hydrogens is 419 g/mol. The lowest BCUT2D eigenvalue weighted by molar-refractivity contribution is 0.0943. The number of benzene rings is 2. The molecule has 9 heteroatoms. The number of rotatable bonds is 6. The van der Waals surface area contributed by atoms with Crippen LogP contribution in [0.2, 0.25) is 0 Å². The summed E-state index contributed by atoms with van der Waals surface area (Å²) in [5.41, 5.74) is 3.18. The number of amides is 1. The van der Waals surface area contributed by atoms with E-state index in [4.69, 9.17) is 0 Å². The first kappa shape index (κ1) is 21.2. The minimum absolute atomic E-state index is 0.0878. The lowest BCUT2D eigenvalue weighted by Crippen LogP contribution is -2.37. The molecule has 0 fully saturated rings. The molecule has 7 nitrogen and oxygen atoms in total. The van der Waals surface area contributed by atoms with Gasteiger partial charge in [-0.2, -0.15) is 9.40 Å². The van der Waals surface area contributed by atoms with E-state index in [0.29, 0.717) is 18.5 Å². The number of fused-ring (bicyclic) bond motifs is 1. The van der Waals surface area contributed by atoms with Gasteiger partial charge in [-0.25, -0.2) is 12.8 Å². The molecule has 1 aromatic heterocycles. The van der Waals surface area contributed by atoms with Crippen LogP contribution < -0.4 is 5.32 Å². The number of carbonyl (C=O) groups is 1. The van der Waals surface area contributed by atoms with Crippen molar-refractivity contribution < 1.29 is 17.6 Å². The molecule has 0 aliphatic carbocycles. The zero-order valence-corrected chi connectivity index (χ0v) is 17.9. The average Bonchev–Trinajstić information content (AvgIpc) is 3.10. The average molecular weight is 443 g/mol. The summed E-state index contributed by atoms with van der Waals surface area (Å²) in [6.45, 7) is 0.677. The van der Waals surface area contributed by atoms with E-state index in [0.717, 1.165) is 16.8 Å². The van der Waals surface area contributed by atoms with E-state index >= 15 is 0 Å². The van der Waals surface area contributed by atoms with Crippen molar-refractivity contribution in [1.29, 1.82) is 0 Å². The number of nitrogens with one attached hydrogen (secondary N) is 1. The Kier molecular flexibility index (Phi) is 5.88. The standard InChI is InChI=1S/C22H23FN4O3S/c1-26-20-11-12-27(31(29,30)15-17-5-3-2-4-6-17)14-19(20)21(25-26)22(28)24-13-16-7-9-18(23)10-8-16/h2-10H,11-15H2,1H3,(H,24,28). The number of aromatic nitrogens is 2. The van der Waals surface area contributed by atoms with E-state index in [1.54, 1.807) is 36.0 Å². The van der Waals surface area contributed by atoms with E-state index in [1.165, 1.54) is 16.4 Å². The number of halogens is 1. The predicted octanol–water partition coefficient (Wildman–Crippen LogP) is 2.38. The van der Waals surface area contributed by atoms with Gasteiger partial charge in [0.25, 0.3) is 5.91 Å². The molecule has 0 spiro atoms. The van der Waals surface area contributed by atoms with Crippen LogP contribution in [0.5, 0.6) is 0 Å². The fourth-order valence-corrected chi connectivity index (χ4v) is 5.22. The maximum absolute atomic E-state index is 13.1. The van der Waals surface area contributed by atoms with Crippen LogP contribution in [-0.2, 0) is 42.3 Å². The second-order valence-electron chi connectivity index (χ2n) is 7.53.